The molecule has 0 atom stereocenters. The molecule has 0 fully saturated rings. The standard InChI is InChI=1S/C10H16BrN5O/c1-6(2)9-15-7(11)5-8(16-9)13-3-4-14-10(12)17/h5-6H,3-4H2,1-2H3,(H3,12,14,17)(H,13,15,16). The van der Waals surface area contributed by atoms with Crippen LogP contribution in [-0.2, 0) is 0 Å². The molecule has 0 spiro atoms. The number of nitrogens with two attached hydrogens (primary N) is 1. The van der Waals surface area contributed by atoms with Crippen molar-refractivity contribution in [1.82, 2.24) is 15.3 Å². The lowest BCUT2D eigenvalue weighted by Crippen LogP contribution is -2.33. The summed E-state index contributed by atoms with van der Waals surface area (Å²) in [6.45, 7) is 5.07. The number of carbonyl (C=O) groups is 1. The number of urea groups is 1. The van der Waals surface area contributed by atoms with E-state index in [9.17, 15) is 4.79 Å². The molecule has 0 saturated heterocycles. The van der Waals surface area contributed by atoms with Gasteiger partial charge in [-0.3, -0.25) is 0 Å². The Balaban J connectivity index is 2.55. The SMILES string of the molecule is CC(C)c1nc(Br)cc(NCCNC(N)=O)n1. The number of nitrogens with one attached hydrogen (secondary N) is 2. The largest absolute Gasteiger partial charge is 0.368 e. The van der Waals surface area contributed by atoms with E-state index in [2.05, 4.69) is 36.5 Å². The lowest BCUT2D eigenvalue weighted by Gasteiger charge is -2.09. The number of hydrogen-bond acceptors (Lipinski definition) is 4. The summed E-state index contributed by atoms with van der Waals surface area (Å²) in [5.41, 5.74) is 4.95. The van der Waals surface area contributed by atoms with Crippen LogP contribution in [0, 0.1) is 0 Å². The molecule has 0 unspecified atom stereocenters. The molecule has 17 heavy (non-hydrogen) atoms. The first-order valence-corrected chi connectivity index (χ1v) is 6.10. The zero-order chi connectivity index (χ0) is 12.8. The van der Waals surface area contributed by atoms with Crippen LogP contribution >= 0.6 is 15.9 Å². The minimum Gasteiger partial charge on any atom is -0.368 e. The number of nitrogens with zero attached hydrogens (tertiary/aromatic N) is 2. The molecule has 0 radical (unpaired) electrons. The van der Waals surface area contributed by atoms with E-state index in [0.29, 0.717) is 13.1 Å². The fraction of sp³-hybridized carbons (Fsp3) is 0.500. The van der Waals surface area contributed by atoms with E-state index < -0.39 is 6.03 Å². The van der Waals surface area contributed by atoms with Gasteiger partial charge in [-0.15, -0.1) is 0 Å². The van der Waals surface area contributed by atoms with E-state index in [1.165, 1.54) is 0 Å². The Hall–Kier alpha value is -1.37. The Morgan fingerprint density at radius 3 is 2.76 bits per heavy atom. The highest BCUT2D eigenvalue weighted by molar-refractivity contribution is 9.10. The number of rotatable bonds is 5. The summed E-state index contributed by atoms with van der Waals surface area (Å²) in [6, 6.07) is 1.26. The van der Waals surface area contributed by atoms with Gasteiger partial charge >= 0.3 is 6.03 Å². The lowest BCUT2D eigenvalue weighted by molar-refractivity contribution is 0.249. The van der Waals surface area contributed by atoms with E-state index in [1.807, 2.05) is 13.8 Å². The molecule has 7 heteroatoms. The topological polar surface area (TPSA) is 92.9 Å². The predicted molar refractivity (Wildman–Crippen MR) is 69.9 cm³/mol. The Morgan fingerprint density at radius 1 is 1.47 bits per heavy atom. The highest BCUT2D eigenvalue weighted by Gasteiger charge is 2.06. The van der Waals surface area contributed by atoms with Crippen LogP contribution in [0.3, 0.4) is 0 Å². The number of primary amides is 1. The van der Waals surface area contributed by atoms with Gasteiger partial charge in [-0.2, -0.15) is 0 Å². The molecule has 0 aliphatic heterocycles. The van der Waals surface area contributed by atoms with Crippen molar-refractivity contribution in [2.45, 2.75) is 19.8 Å². The van der Waals surface area contributed by atoms with E-state index in [4.69, 9.17) is 5.73 Å². The van der Waals surface area contributed by atoms with Gasteiger partial charge in [-0.25, -0.2) is 14.8 Å². The molecule has 2 amide bonds. The smallest absolute Gasteiger partial charge is 0.312 e. The molecule has 1 rings (SSSR count). The van der Waals surface area contributed by atoms with Crippen LogP contribution in [0.15, 0.2) is 10.7 Å². The van der Waals surface area contributed by atoms with Crippen molar-refractivity contribution in [2.24, 2.45) is 5.73 Å². The summed E-state index contributed by atoms with van der Waals surface area (Å²) < 4.78 is 0.738. The van der Waals surface area contributed by atoms with Crippen LogP contribution in [0.5, 0.6) is 0 Å². The second kappa shape index (κ2) is 6.39. The summed E-state index contributed by atoms with van der Waals surface area (Å²) in [5, 5.41) is 5.57. The van der Waals surface area contributed by atoms with Crippen molar-refractivity contribution in [3.63, 3.8) is 0 Å². The van der Waals surface area contributed by atoms with Gasteiger partial charge in [-0.1, -0.05) is 13.8 Å². The van der Waals surface area contributed by atoms with Crippen LogP contribution < -0.4 is 16.4 Å². The second-order valence-electron chi connectivity index (χ2n) is 3.81. The monoisotopic (exact) mass is 301 g/mol. The third-order valence-corrected chi connectivity index (χ3v) is 2.37. The summed E-state index contributed by atoms with van der Waals surface area (Å²) in [7, 11) is 0. The molecule has 1 heterocycles. The molecular formula is C10H16BrN5O. The molecule has 0 aromatic carbocycles. The van der Waals surface area contributed by atoms with E-state index in [-0.39, 0.29) is 5.92 Å². The Kier molecular flexibility index (Phi) is 5.14. The zero-order valence-corrected chi connectivity index (χ0v) is 11.4. The third kappa shape index (κ3) is 4.99. The van der Waals surface area contributed by atoms with Crippen molar-refractivity contribution in [1.29, 1.82) is 0 Å². The Bertz CT molecular complexity index is 396. The highest BCUT2D eigenvalue weighted by atomic mass is 79.9. The van der Waals surface area contributed by atoms with Gasteiger partial charge in [-0.05, 0) is 15.9 Å². The number of aromatic nitrogens is 2. The van der Waals surface area contributed by atoms with Crippen LogP contribution in [0.25, 0.3) is 0 Å². The molecule has 4 N–H and O–H groups in total. The van der Waals surface area contributed by atoms with Gasteiger partial charge in [0.2, 0.25) is 0 Å². The maximum Gasteiger partial charge on any atom is 0.312 e. The highest BCUT2D eigenvalue weighted by Crippen LogP contribution is 2.16. The van der Waals surface area contributed by atoms with Gasteiger partial charge < -0.3 is 16.4 Å². The second-order valence-corrected chi connectivity index (χ2v) is 4.62. The van der Waals surface area contributed by atoms with Crippen LogP contribution in [0.4, 0.5) is 10.6 Å². The van der Waals surface area contributed by atoms with Gasteiger partial charge in [0.25, 0.3) is 0 Å². The van der Waals surface area contributed by atoms with Crippen LogP contribution in [-0.4, -0.2) is 29.1 Å². The van der Waals surface area contributed by atoms with E-state index >= 15 is 0 Å². The molecule has 0 aliphatic rings. The fourth-order valence-electron chi connectivity index (χ4n) is 1.16. The van der Waals surface area contributed by atoms with Gasteiger partial charge in [0.1, 0.15) is 16.2 Å². The lowest BCUT2D eigenvalue weighted by atomic mass is 10.2. The molecule has 0 bridgehead atoms. The normalized spacial score (nSPS) is 10.4. The molecule has 1 aromatic heterocycles. The van der Waals surface area contributed by atoms with Crippen molar-refractivity contribution in [3.8, 4) is 0 Å². The minimum atomic E-state index is -0.529. The van der Waals surface area contributed by atoms with Crippen molar-refractivity contribution >= 4 is 27.8 Å². The summed E-state index contributed by atoms with van der Waals surface area (Å²) in [5.74, 6) is 1.75. The first kappa shape index (κ1) is 13.7. The molecule has 94 valence electrons. The summed E-state index contributed by atoms with van der Waals surface area (Å²) in [6.07, 6.45) is 0. The van der Waals surface area contributed by atoms with Crippen molar-refractivity contribution in [2.75, 3.05) is 18.4 Å². The minimum absolute atomic E-state index is 0.261. The third-order valence-electron chi connectivity index (χ3n) is 1.96. The zero-order valence-electron chi connectivity index (χ0n) is 9.83. The number of carbonyl (C=O) groups excluding carboxylic acids is 1. The van der Waals surface area contributed by atoms with Gasteiger partial charge in [0.05, 0.1) is 0 Å². The van der Waals surface area contributed by atoms with Crippen molar-refractivity contribution < 1.29 is 4.79 Å². The van der Waals surface area contributed by atoms with Gasteiger partial charge in [0.15, 0.2) is 0 Å². The van der Waals surface area contributed by atoms with Crippen LogP contribution in [0.2, 0.25) is 0 Å². The number of amides is 2. The molecule has 6 nitrogen and oxygen atoms in total. The maximum absolute atomic E-state index is 10.5. The molecule has 0 aliphatic carbocycles. The molecule has 0 saturated carbocycles. The number of hydrogen-bond donors (Lipinski definition) is 3. The van der Waals surface area contributed by atoms with Crippen molar-refractivity contribution in [3.05, 3.63) is 16.5 Å². The number of anilines is 1. The maximum atomic E-state index is 10.5. The predicted octanol–water partition coefficient (Wildman–Crippen LogP) is 1.44. The average molecular weight is 302 g/mol. The summed E-state index contributed by atoms with van der Waals surface area (Å²) >= 11 is 3.33. The fourth-order valence-corrected chi connectivity index (χ4v) is 1.56. The Morgan fingerprint density at radius 2 is 2.18 bits per heavy atom. The van der Waals surface area contributed by atoms with E-state index in [0.717, 1.165) is 16.2 Å². The molecule has 1 aromatic rings. The quantitative estimate of drug-likeness (QED) is 0.567. The number of halogens is 1. The average Bonchev–Trinajstić information content (AvgIpc) is 2.23. The van der Waals surface area contributed by atoms with Crippen LogP contribution in [0.1, 0.15) is 25.6 Å². The first-order valence-electron chi connectivity index (χ1n) is 5.30. The Labute approximate surface area is 109 Å². The van der Waals surface area contributed by atoms with Gasteiger partial charge in [0, 0.05) is 25.1 Å². The molecular weight excluding hydrogens is 286 g/mol. The first-order chi connectivity index (χ1) is 7.99. The van der Waals surface area contributed by atoms with E-state index in [1.54, 1.807) is 6.07 Å². The summed E-state index contributed by atoms with van der Waals surface area (Å²) in [4.78, 5) is 19.1.